The third kappa shape index (κ3) is 2.66. The molecule has 0 fully saturated rings. The van der Waals surface area contributed by atoms with E-state index in [1.807, 2.05) is 37.3 Å². The minimum atomic E-state index is -3.68. The molecular weight excluding hydrogens is 298 g/mol. The lowest BCUT2D eigenvalue weighted by Crippen LogP contribution is -2.11. The van der Waals surface area contributed by atoms with Gasteiger partial charge in [0.05, 0.1) is 4.90 Å². The van der Waals surface area contributed by atoms with Crippen LogP contribution in [0.3, 0.4) is 0 Å². The lowest BCUT2D eigenvalue weighted by molar-refractivity contribution is 0.598. The zero-order valence-electron chi connectivity index (χ0n) is 11.9. The van der Waals surface area contributed by atoms with Crippen molar-refractivity contribution in [3.05, 3.63) is 60.3 Å². The molecule has 0 unspecified atom stereocenters. The quantitative estimate of drug-likeness (QED) is 0.779. The summed E-state index contributed by atoms with van der Waals surface area (Å²) >= 11 is 0. The maximum absolute atomic E-state index is 11.3. The van der Waals surface area contributed by atoms with Crippen molar-refractivity contribution in [2.45, 2.75) is 11.8 Å². The van der Waals surface area contributed by atoms with Gasteiger partial charge in [0, 0.05) is 16.8 Å². The molecule has 0 radical (unpaired) electrons. The van der Waals surface area contributed by atoms with Crippen molar-refractivity contribution >= 4 is 10.0 Å². The molecule has 0 saturated heterocycles. The van der Waals surface area contributed by atoms with Gasteiger partial charge in [0.25, 0.3) is 0 Å². The van der Waals surface area contributed by atoms with Crippen LogP contribution < -0.4 is 5.14 Å². The topological polar surface area (TPSA) is 88.8 Å². The number of hydrogen-bond acceptors (Lipinski definition) is 3. The van der Waals surface area contributed by atoms with E-state index in [1.54, 1.807) is 12.1 Å². The van der Waals surface area contributed by atoms with Gasteiger partial charge in [-0.2, -0.15) is 5.10 Å². The molecular formula is C16H15N3O2S. The van der Waals surface area contributed by atoms with Gasteiger partial charge in [0.2, 0.25) is 10.0 Å². The molecule has 112 valence electrons. The number of rotatable bonds is 3. The van der Waals surface area contributed by atoms with Crippen molar-refractivity contribution in [2.75, 3.05) is 0 Å². The summed E-state index contributed by atoms with van der Waals surface area (Å²) < 4.78 is 22.7. The first-order valence-corrected chi connectivity index (χ1v) is 8.25. The largest absolute Gasteiger partial charge is 0.282 e. The number of nitrogens with one attached hydrogen (secondary N) is 1. The van der Waals surface area contributed by atoms with Crippen LogP contribution in [-0.2, 0) is 10.0 Å². The van der Waals surface area contributed by atoms with Crippen LogP contribution in [0.5, 0.6) is 0 Å². The van der Waals surface area contributed by atoms with Crippen molar-refractivity contribution in [1.29, 1.82) is 0 Å². The van der Waals surface area contributed by atoms with Crippen LogP contribution in [0.4, 0.5) is 0 Å². The first-order chi connectivity index (χ1) is 10.5. The molecule has 1 heterocycles. The Bertz CT molecular complexity index is 898. The van der Waals surface area contributed by atoms with E-state index in [0.717, 1.165) is 28.1 Å². The molecule has 1 aromatic heterocycles. The fourth-order valence-electron chi connectivity index (χ4n) is 2.40. The van der Waals surface area contributed by atoms with Gasteiger partial charge in [-0.25, -0.2) is 13.6 Å². The Kier molecular flexibility index (Phi) is 3.56. The van der Waals surface area contributed by atoms with Crippen LogP contribution >= 0.6 is 0 Å². The Hall–Kier alpha value is -2.44. The van der Waals surface area contributed by atoms with Crippen molar-refractivity contribution in [3.8, 4) is 22.4 Å². The third-order valence-electron chi connectivity index (χ3n) is 3.47. The highest BCUT2D eigenvalue weighted by Gasteiger charge is 2.15. The van der Waals surface area contributed by atoms with Crippen molar-refractivity contribution < 1.29 is 8.42 Å². The number of benzene rings is 2. The second kappa shape index (κ2) is 5.40. The van der Waals surface area contributed by atoms with E-state index < -0.39 is 10.0 Å². The van der Waals surface area contributed by atoms with Gasteiger partial charge in [0.1, 0.15) is 5.69 Å². The molecule has 3 aromatic rings. The summed E-state index contributed by atoms with van der Waals surface area (Å²) in [4.78, 5) is 0.0960. The maximum atomic E-state index is 11.3. The molecule has 0 atom stereocenters. The van der Waals surface area contributed by atoms with Gasteiger partial charge in [-0.1, -0.05) is 42.5 Å². The Labute approximate surface area is 128 Å². The van der Waals surface area contributed by atoms with Crippen LogP contribution in [0.2, 0.25) is 0 Å². The summed E-state index contributed by atoms with van der Waals surface area (Å²) in [6.07, 6.45) is 0. The molecule has 2 aromatic carbocycles. The molecule has 0 bridgehead atoms. The van der Waals surface area contributed by atoms with Crippen molar-refractivity contribution in [2.24, 2.45) is 5.14 Å². The second-order valence-corrected chi connectivity index (χ2v) is 6.57. The molecule has 3 rings (SSSR count). The van der Waals surface area contributed by atoms with Gasteiger partial charge in [-0.05, 0) is 24.6 Å². The van der Waals surface area contributed by atoms with E-state index in [9.17, 15) is 8.42 Å². The summed E-state index contributed by atoms with van der Waals surface area (Å²) in [7, 11) is -3.68. The summed E-state index contributed by atoms with van der Waals surface area (Å²) in [5.74, 6) is 0. The number of primary sulfonamides is 1. The number of nitrogens with zero attached hydrogens (tertiary/aromatic N) is 1. The monoisotopic (exact) mass is 313 g/mol. The Morgan fingerprint density at radius 2 is 1.59 bits per heavy atom. The minimum absolute atomic E-state index is 0.0960. The van der Waals surface area contributed by atoms with Gasteiger partial charge in [-0.3, -0.25) is 5.10 Å². The highest BCUT2D eigenvalue weighted by atomic mass is 32.2. The molecule has 0 amide bonds. The number of aromatic nitrogens is 2. The molecule has 0 aliphatic heterocycles. The van der Waals surface area contributed by atoms with E-state index in [1.165, 1.54) is 12.1 Å². The zero-order valence-corrected chi connectivity index (χ0v) is 12.8. The predicted molar refractivity (Wildman–Crippen MR) is 85.6 cm³/mol. The SMILES string of the molecule is Cc1[nH]nc(-c2ccccc2)c1-c1ccc(S(N)(=O)=O)cc1. The van der Waals surface area contributed by atoms with Gasteiger partial charge < -0.3 is 0 Å². The average Bonchev–Trinajstić information content (AvgIpc) is 2.89. The molecule has 22 heavy (non-hydrogen) atoms. The summed E-state index contributed by atoms with van der Waals surface area (Å²) in [5, 5.41) is 12.5. The fourth-order valence-corrected chi connectivity index (χ4v) is 2.91. The average molecular weight is 313 g/mol. The summed E-state index contributed by atoms with van der Waals surface area (Å²) in [6.45, 7) is 1.93. The molecule has 6 heteroatoms. The summed E-state index contributed by atoms with van der Waals surface area (Å²) in [5.41, 5.74) is 4.59. The van der Waals surface area contributed by atoms with Crippen LogP contribution in [-0.4, -0.2) is 18.6 Å². The van der Waals surface area contributed by atoms with Crippen LogP contribution in [0.1, 0.15) is 5.69 Å². The number of H-pyrrole nitrogens is 1. The predicted octanol–water partition coefficient (Wildman–Crippen LogP) is 2.70. The third-order valence-corrected chi connectivity index (χ3v) is 4.40. The van der Waals surface area contributed by atoms with Gasteiger partial charge >= 0.3 is 0 Å². The molecule has 0 aliphatic rings. The van der Waals surface area contributed by atoms with Crippen LogP contribution in [0, 0.1) is 6.92 Å². The number of sulfonamides is 1. The smallest absolute Gasteiger partial charge is 0.238 e. The fraction of sp³-hybridized carbons (Fsp3) is 0.0625. The molecule has 0 spiro atoms. The van der Waals surface area contributed by atoms with Crippen LogP contribution in [0.25, 0.3) is 22.4 Å². The normalized spacial score (nSPS) is 11.5. The first-order valence-electron chi connectivity index (χ1n) is 6.70. The zero-order chi connectivity index (χ0) is 15.7. The minimum Gasteiger partial charge on any atom is -0.282 e. The van der Waals surface area contributed by atoms with E-state index in [0.29, 0.717) is 0 Å². The first kappa shape index (κ1) is 14.5. The van der Waals surface area contributed by atoms with Gasteiger partial charge in [-0.15, -0.1) is 0 Å². The number of nitrogens with two attached hydrogens (primary N) is 1. The van der Waals surface area contributed by atoms with Gasteiger partial charge in [0.15, 0.2) is 0 Å². The highest BCUT2D eigenvalue weighted by Crippen LogP contribution is 2.33. The maximum Gasteiger partial charge on any atom is 0.238 e. The lowest BCUT2D eigenvalue weighted by atomic mass is 9.99. The second-order valence-electron chi connectivity index (χ2n) is 5.01. The van der Waals surface area contributed by atoms with E-state index in [4.69, 9.17) is 5.14 Å². The number of hydrogen-bond donors (Lipinski definition) is 2. The van der Waals surface area contributed by atoms with E-state index in [-0.39, 0.29) is 4.90 Å². The molecule has 0 saturated carbocycles. The Morgan fingerprint density at radius 1 is 0.955 bits per heavy atom. The Balaban J connectivity index is 2.12. The van der Waals surface area contributed by atoms with Crippen molar-refractivity contribution in [1.82, 2.24) is 10.2 Å². The van der Waals surface area contributed by atoms with Crippen molar-refractivity contribution in [3.63, 3.8) is 0 Å². The summed E-state index contributed by atoms with van der Waals surface area (Å²) in [6, 6.07) is 16.3. The molecule has 5 nitrogen and oxygen atoms in total. The van der Waals surface area contributed by atoms with E-state index in [2.05, 4.69) is 10.2 Å². The molecule has 0 aliphatic carbocycles. The van der Waals surface area contributed by atoms with Crippen LogP contribution in [0.15, 0.2) is 59.5 Å². The number of aromatic amines is 1. The van der Waals surface area contributed by atoms with E-state index >= 15 is 0 Å². The Morgan fingerprint density at radius 3 is 2.18 bits per heavy atom. The molecule has 3 N–H and O–H groups in total. The standard InChI is InChI=1S/C16H15N3O2S/c1-11-15(12-7-9-14(10-8-12)22(17,20)21)16(19-18-11)13-5-3-2-4-6-13/h2-10H,1H3,(H,18,19)(H2,17,20,21). The number of aryl methyl sites for hydroxylation is 1. The lowest BCUT2D eigenvalue weighted by Gasteiger charge is -2.06. The highest BCUT2D eigenvalue weighted by molar-refractivity contribution is 7.89.